The van der Waals surface area contributed by atoms with Gasteiger partial charge in [0.05, 0.1) is 18.4 Å². The predicted molar refractivity (Wildman–Crippen MR) is 118 cm³/mol. The van der Waals surface area contributed by atoms with E-state index < -0.39 is 0 Å². The molecular weight excluding hydrogens is 469 g/mol. The van der Waals surface area contributed by atoms with Crippen LogP contribution in [0.4, 0.5) is 5.69 Å². The first-order valence-electron chi connectivity index (χ1n) is 9.13. The molecule has 6 nitrogen and oxygen atoms in total. The van der Waals surface area contributed by atoms with Crippen LogP contribution in [-0.2, 0) is 0 Å². The van der Waals surface area contributed by atoms with Gasteiger partial charge in [-0.05, 0) is 66.4 Å². The van der Waals surface area contributed by atoms with E-state index in [-0.39, 0.29) is 11.8 Å². The Morgan fingerprint density at radius 3 is 2.50 bits per heavy atom. The minimum Gasteiger partial charge on any atom is -0.495 e. The minimum absolute atomic E-state index is 0.0311. The Morgan fingerprint density at radius 2 is 1.82 bits per heavy atom. The highest BCUT2D eigenvalue weighted by atomic mass is 127. The maximum Gasteiger partial charge on any atom is 0.256 e. The highest BCUT2D eigenvalue weighted by Crippen LogP contribution is 2.28. The van der Waals surface area contributed by atoms with Crippen molar-refractivity contribution >= 4 is 40.1 Å². The molecule has 2 amide bonds. The summed E-state index contributed by atoms with van der Waals surface area (Å²) in [6.45, 7) is 5.08. The fourth-order valence-electron chi connectivity index (χ4n) is 3.14. The summed E-state index contributed by atoms with van der Waals surface area (Å²) in [6, 6.07) is 10.8. The summed E-state index contributed by atoms with van der Waals surface area (Å²) >= 11 is 2.17. The Bertz CT molecular complexity index is 892. The number of benzene rings is 2. The number of halogens is 1. The van der Waals surface area contributed by atoms with E-state index in [1.807, 2.05) is 24.0 Å². The van der Waals surface area contributed by atoms with Crippen LogP contribution in [0, 0.1) is 10.5 Å². The summed E-state index contributed by atoms with van der Waals surface area (Å²) in [4.78, 5) is 29.7. The lowest BCUT2D eigenvalue weighted by Gasteiger charge is -2.32. The molecule has 0 aromatic heterocycles. The van der Waals surface area contributed by atoms with Crippen LogP contribution in [0.1, 0.15) is 26.3 Å². The molecule has 1 fully saturated rings. The summed E-state index contributed by atoms with van der Waals surface area (Å²) in [5.41, 5.74) is 2.67. The van der Waals surface area contributed by atoms with Crippen molar-refractivity contribution in [1.29, 1.82) is 0 Å². The summed E-state index contributed by atoms with van der Waals surface area (Å²) in [5.74, 6) is 0.262. The number of hydrogen-bond acceptors (Lipinski definition) is 4. The van der Waals surface area contributed by atoms with Gasteiger partial charge in [0.25, 0.3) is 11.8 Å². The predicted octanol–water partition coefficient (Wildman–Crippen LogP) is 3.25. The van der Waals surface area contributed by atoms with Crippen LogP contribution >= 0.6 is 22.6 Å². The zero-order valence-electron chi connectivity index (χ0n) is 16.3. The number of hydrogen-bond donors (Lipinski definition) is 1. The second kappa shape index (κ2) is 8.91. The van der Waals surface area contributed by atoms with E-state index in [0.717, 1.165) is 22.2 Å². The molecule has 2 aromatic rings. The molecule has 0 atom stereocenters. The molecule has 1 aliphatic rings. The van der Waals surface area contributed by atoms with Crippen LogP contribution in [0.3, 0.4) is 0 Å². The second-order valence-corrected chi connectivity index (χ2v) is 7.98. The van der Waals surface area contributed by atoms with Gasteiger partial charge in [-0.1, -0.05) is 12.1 Å². The van der Waals surface area contributed by atoms with Gasteiger partial charge in [-0.25, -0.2) is 0 Å². The molecule has 0 bridgehead atoms. The third-order valence-electron chi connectivity index (χ3n) is 4.92. The van der Waals surface area contributed by atoms with Gasteiger partial charge in [0.2, 0.25) is 0 Å². The van der Waals surface area contributed by atoms with E-state index in [1.54, 1.807) is 31.4 Å². The number of likely N-dealkylation sites (N-methyl/N-ethyl adjacent to an activating group) is 1. The van der Waals surface area contributed by atoms with Crippen LogP contribution in [0.25, 0.3) is 0 Å². The molecule has 0 aliphatic carbocycles. The van der Waals surface area contributed by atoms with Crippen molar-refractivity contribution in [2.45, 2.75) is 6.92 Å². The minimum atomic E-state index is -0.226. The molecule has 28 heavy (non-hydrogen) atoms. The van der Waals surface area contributed by atoms with Crippen LogP contribution in [0.2, 0.25) is 0 Å². The van der Waals surface area contributed by atoms with Crippen molar-refractivity contribution in [2.75, 3.05) is 45.7 Å². The van der Waals surface area contributed by atoms with Crippen molar-refractivity contribution in [3.8, 4) is 5.75 Å². The number of nitrogens with zero attached hydrogens (tertiary/aromatic N) is 2. The van der Waals surface area contributed by atoms with Crippen molar-refractivity contribution in [1.82, 2.24) is 9.80 Å². The largest absolute Gasteiger partial charge is 0.495 e. The van der Waals surface area contributed by atoms with Gasteiger partial charge < -0.3 is 19.9 Å². The lowest BCUT2D eigenvalue weighted by molar-refractivity contribution is 0.0664. The van der Waals surface area contributed by atoms with Crippen molar-refractivity contribution in [3.63, 3.8) is 0 Å². The maximum atomic E-state index is 12.9. The van der Waals surface area contributed by atoms with Crippen molar-refractivity contribution in [2.24, 2.45) is 0 Å². The number of piperazine rings is 1. The Kier molecular flexibility index (Phi) is 6.56. The molecule has 2 aromatic carbocycles. The Morgan fingerprint density at radius 1 is 1.11 bits per heavy atom. The second-order valence-electron chi connectivity index (χ2n) is 6.90. The van der Waals surface area contributed by atoms with Crippen LogP contribution in [0.15, 0.2) is 36.4 Å². The zero-order valence-corrected chi connectivity index (χ0v) is 18.4. The number of rotatable bonds is 4. The number of ether oxygens (including phenoxy) is 1. The topological polar surface area (TPSA) is 61.9 Å². The molecule has 1 saturated heterocycles. The van der Waals surface area contributed by atoms with Gasteiger partial charge in [-0.3, -0.25) is 9.59 Å². The molecule has 1 heterocycles. The third-order valence-corrected chi connectivity index (χ3v) is 6.35. The molecule has 0 unspecified atom stereocenters. The molecule has 3 rings (SSSR count). The zero-order chi connectivity index (χ0) is 20.3. The SMILES string of the molecule is COc1ccc(C(=O)N2CCN(C)CC2)cc1NC(=O)c1cccc(C)c1I. The first-order chi connectivity index (χ1) is 13.4. The molecule has 1 N–H and O–H groups in total. The number of aryl methyl sites for hydroxylation is 1. The van der Waals surface area contributed by atoms with Crippen LogP contribution in [-0.4, -0.2) is 62.0 Å². The third kappa shape index (κ3) is 4.47. The lowest BCUT2D eigenvalue weighted by atomic mass is 10.1. The molecule has 7 heteroatoms. The number of amides is 2. The quantitative estimate of drug-likeness (QED) is 0.665. The Labute approximate surface area is 179 Å². The smallest absolute Gasteiger partial charge is 0.256 e. The summed E-state index contributed by atoms with van der Waals surface area (Å²) in [7, 11) is 3.60. The molecule has 148 valence electrons. The number of nitrogens with one attached hydrogen (secondary N) is 1. The Balaban J connectivity index is 1.84. The molecule has 0 saturated carbocycles. The van der Waals surface area contributed by atoms with Gasteiger partial charge in [0, 0.05) is 35.3 Å². The van der Waals surface area contributed by atoms with E-state index in [4.69, 9.17) is 4.74 Å². The number of methoxy groups -OCH3 is 1. The summed E-state index contributed by atoms with van der Waals surface area (Å²) < 4.78 is 6.29. The highest BCUT2D eigenvalue weighted by molar-refractivity contribution is 14.1. The van der Waals surface area contributed by atoms with E-state index in [9.17, 15) is 9.59 Å². The monoisotopic (exact) mass is 493 g/mol. The summed E-state index contributed by atoms with van der Waals surface area (Å²) in [5, 5.41) is 2.90. The normalized spacial score (nSPS) is 14.6. The summed E-state index contributed by atoms with van der Waals surface area (Å²) in [6.07, 6.45) is 0. The average molecular weight is 493 g/mol. The first-order valence-corrected chi connectivity index (χ1v) is 10.2. The van der Waals surface area contributed by atoms with E-state index in [1.165, 1.54) is 0 Å². The average Bonchev–Trinajstić information content (AvgIpc) is 2.70. The van der Waals surface area contributed by atoms with Gasteiger partial charge in [0.1, 0.15) is 5.75 Å². The van der Waals surface area contributed by atoms with E-state index in [0.29, 0.717) is 35.7 Å². The molecule has 0 spiro atoms. The first kappa shape index (κ1) is 20.6. The van der Waals surface area contributed by atoms with E-state index >= 15 is 0 Å². The lowest BCUT2D eigenvalue weighted by Crippen LogP contribution is -2.47. The van der Waals surface area contributed by atoms with E-state index in [2.05, 4.69) is 39.9 Å². The van der Waals surface area contributed by atoms with Crippen LogP contribution < -0.4 is 10.1 Å². The van der Waals surface area contributed by atoms with Crippen molar-refractivity contribution in [3.05, 3.63) is 56.7 Å². The number of anilines is 1. The molecule has 0 radical (unpaired) electrons. The number of carbonyl (C=O) groups excluding carboxylic acids is 2. The molecule has 1 aliphatic heterocycles. The Hall–Kier alpha value is -2.13. The highest BCUT2D eigenvalue weighted by Gasteiger charge is 2.22. The number of carbonyl (C=O) groups is 2. The van der Waals surface area contributed by atoms with Crippen LogP contribution in [0.5, 0.6) is 5.75 Å². The van der Waals surface area contributed by atoms with Gasteiger partial charge in [0.15, 0.2) is 0 Å². The van der Waals surface area contributed by atoms with Crippen molar-refractivity contribution < 1.29 is 14.3 Å². The fourth-order valence-corrected chi connectivity index (χ4v) is 3.75. The van der Waals surface area contributed by atoms with Gasteiger partial charge in [-0.2, -0.15) is 0 Å². The van der Waals surface area contributed by atoms with Gasteiger partial charge in [-0.15, -0.1) is 0 Å². The van der Waals surface area contributed by atoms with Gasteiger partial charge >= 0.3 is 0 Å². The standard InChI is InChI=1S/C21H24IN3O3/c1-14-5-4-6-16(19(14)22)20(26)23-17-13-15(7-8-18(17)28-3)21(27)25-11-9-24(2)10-12-25/h4-8,13H,9-12H2,1-3H3,(H,23,26). The maximum absolute atomic E-state index is 12.9. The molecular formula is C21H24IN3O3. The fraction of sp³-hybridized carbons (Fsp3) is 0.333.